The normalized spacial score (nSPS) is 12.6. The van der Waals surface area contributed by atoms with Crippen molar-refractivity contribution < 1.29 is 0 Å². The van der Waals surface area contributed by atoms with E-state index in [-0.39, 0.29) is 0 Å². The summed E-state index contributed by atoms with van der Waals surface area (Å²) in [5, 5.41) is 0. The molecule has 0 aliphatic carbocycles. The monoisotopic (exact) mass is 239 g/mol. The first-order valence-electron chi connectivity index (χ1n) is 5.58. The first-order valence-corrected chi connectivity index (χ1v) is 6.98. The van der Waals surface area contributed by atoms with Crippen molar-refractivity contribution in [3.8, 4) is 0 Å². The quantitative estimate of drug-likeness (QED) is 0.790. The largest absolute Gasteiger partial charge is 0.357 e. The van der Waals surface area contributed by atoms with E-state index in [0.29, 0.717) is 6.04 Å². The number of hydrogen-bond donors (Lipinski definition) is 0. The van der Waals surface area contributed by atoms with Crippen molar-refractivity contribution in [2.24, 2.45) is 0 Å². The number of thioether (sulfide) groups is 1. The van der Waals surface area contributed by atoms with Gasteiger partial charge < -0.3 is 4.90 Å². The van der Waals surface area contributed by atoms with Gasteiger partial charge in [-0.05, 0) is 39.2 Å². The molecule has 1 aromatic rings. The highest BCUT2D eigenvalue weighted by Crippen LogP contribution is 2.16. The first-order chi connectivity index (χ1) is 7.54. The SMILES string of the molecule is CSCC[C@@H](C)N(C)c1cc(C)nc(C)n1. The van der Waals surface area contributed by atoms with Crippen LogP contribution in [0.1, 0.15) is 24.9 Å². The predicted octanol–water partition coefficient (Wildman–Crippen LogP) is 2.67. The molecule has 0 spiro atoms. The fraction of sp³-hybridized carbons (Fsp3) is 0.667. The fourth-order valence-corrected chi connectivity index (χ4v) is 2.16. The summed E-state index contributed by atoms with van der Waals surface area (Å²) in [4.78, 5) is 11.0. The zero-order valence-electron chi connectivity index (χ0n) is 10.8. The van der Waals surface area contributed by atoms with Crippen molar-refractivity contribution in [1.82, 2.24) is 9.97 Å². The molecule has 0 saturated carbocycles. The molecule has 0 unspecified atom stereocenters. The summed E-state index contributed by atoms with van der Waals surface area (Å²) in [6, 6.07) is 2.56. The molecule has 0 saturated heterocycles. The van der Waals surface area contributed by atoms with E-state index in [1.54, 1.807) is 0 Å². The highest BCUT2D eigenvalue weighted by Gasteiger charge is 2.11. The average molecular weight is 239 g/mol. The minimum Gasteiger partial charge on any atom is -0.357 e. The average Bonchev–Trinajstić information content (AvgIpc) is 2.23. The Morgan fingerprint density at radius 2 is 2.06 bits per heavy atom. The van der Waals surface area contributed by atoms with Crippen LogP contribution >= 0.6 is 11.8 Å². The van der Waals surface area contributed by atoms with Crippen LogP contribution in [0.5, 0.6) is 0 Å². The molecule has 0 radical (unpaired) electrons. The van der Waals surface area contributed by atoms with Crippen LogP contribution in [-0.4, -0.2) is 35.1 Å². The molecule has 0 fully saturated rings. The van der Waals surface area contributed by atoms with Gasteiger partial charge in [0.2, 0.25) is 0 Å². The van der Waals surface area contributed by atoms with Crippen molar-refractivity contribution in [3.63, 3.8) is 0 Å². The van der Waals surface area contributed by atoms with Crippen molar-refractivity contribution in [2.75, 3.05) is 24.0 Å². The third-order valence-electron chi connectivity index (χ3n) is 2.71. The van der Waals surface area contributed by atoms with Crippen LogP contribution in [0.25, 0.3) is 0 Å². The Bertz CT molecular complexity index is 321. The number of rotatable bonds is 5. The smallest absolute Gasteiger partial charge is 0.132 e. The summed E-state index contributed by atoms with van der Waals surface area (Å²) in [6.07, 6.45) is 3.32. The van der Waals surface area contributed by atoms with Crippen LogP contribution in [0, 0.1) is 13.8 Å². The maximum absolute atomic E-state index is 4.47. The topological polar surface area (TPSA) is 29.0 Å². The second-order valence-electron chi connectivity index (χ2n) is 4.16. The Morgan fingerprint density at radius 3 is 2.62 bits per heavy atom. The predicted molar refractivity (Wildman–Crippen MR) is 72.4 cm³/mol. The molecule has 0 aliphatic heterocycles. The lowest BCUT2D eigenvalue weighted by Gasteiger charge is -2.26. The minimum absolute atomic E-state index is 0.515. The van der Waals surface area contributed by atoms with Gasteiger partial charge in [-0.25, -0.2) is 9.97 Å². The van der Waals surface area contributed by atoms with E-state index in [9.17, 15) is 0 Å². The van der Waals surface area contributed by atoms with Gasteiger partial charge in [0.25, 0.3) is 0 Å². The number of aromatic nitrogens is 2. The molecular formula is C12H21N3S. The minimum atomic E-state index is 0.515. The fourth-order valence-electron chi connectivity index (χ4n) is 1.59. The van der Waals surface area contributed by atoms with E-state index in [1.807, 2.05) is 31.7 Å². The summed E-state index contributed by atoms with van der Waals surface area (Å²) < 4.78 is 0. The zero-order chi connectivity index (χ0) is 12.1. The summed E-state index contributed by atoms with van der Waals surface area (Å²) in [5.41, 5.74) is 1.03. The second kappa shape index (κ2) is 6.09. The molecule has 0 bridgehead atoms. The Kier molecular flexibility index (Phi) is 5.06. The third-order valence-corrected chi connectivity index (χ3v) is 3.36. The molecule has 0 N–H and O–H groups in total. The van der Waals surface area contributed by atoms with E-state index in [0.717, 1.165) is 17.3 Å². The lowest BCUT2D eigenvalue weighted by atomic mass is 10.2. The Labute approximate surface area is 103 Å². The molecule has 90 valence electrons. The van der Waals surface area contributed by atoms with Crippen molar-refractivity contribution in [2.45, 2.75) is 33.2 Å². The Balaban J connectivity index is 2.74. The van der Waals surface area contributed by atoms with E-state index in [2.05, 4.69) is 35.1 Å². The highest BCUT2D eigenvalue weighted by molar-refractivity contribution is 7.98. The Morgan fingerprint density at radius 1 is 1.38 bits per heavy atom. The van der Waals surface area contributed by atoms with Gasteiger partial charge in [-0.3, -0.25) is 0 Å². The van der Waals surface area contributed by atoms with E-state index >= 15 is 0 Å². The van der Waals surface area contributed by atoms with Crippen LogP contribution in [0.2, 0.25) is 0 Å². The molecular weight excluding hydrogens is 218 g/mol. The molecule has 0 amide bonds. The summed E-state index contributed by atoms with van der Waals surface area (Å²) in [5.74, 6) is 3.06. The Hall–Kier alpha value is -0.770. The first kappa shape index (κ1) is 13.3. The number of aryl methyl sites for hydroxylation is 2. The molecule has 3 nitrogen and oxygen atoms in total. The molecule has 1 atom stereocenters. The van der Waals surface area contributed by atoms with Gasteiger partial charge in [0.05, 0.1) is 0 Å². The molecule has 16 heavy (non-hydrogen) atoms. The molecule has 0 aliphatic rings. The third kappa shape index (κ3) is 3.67. The maximum atomic E-state index is 4.47. The van der Waals surface area contributed by atoms with Gasteiger partial charge in [0, 0.05) is 24.8 Å². The summed E-state index contributed by atoms with van der Waals surface area (Å²) >= 11 is 1.89. The van der Waals surface area contributed by atoms with Gasteiger partial charge in [0.1, 0.15) is 11.6 Å². The highest BCUT2D eigenvalue weighted by atomic mass is 32.2. The van der Waals surface area contributed by atoms with Crippen LogP contribution < -0.4 is 4.90 Å². The van der Waals surface area contributed by atoms with Crippen molar-refractivity contribution in [1.29, 1.82) is 0 Å². The van der Waals surface area contributed by atoms with E-state index < -0.39 is 0 Å². The van der Waals surface area contributed by atoms with Crippen molar-refractivity contribution in [3.05, 3.63) is 17.6 Å². The molecule has 1 rings (SSSR count). The molecule has 0 aromatic carbocycles. The van der Waals surface area contributed by atoms with Crippen LogP contribution in [-0.2, 0) is 0 Å². The van der Waals surface area contributed by atoms with Gasteiger partial charge in [0.15, 0.2) is 0 Å². The number of hydrogen-bond acceptors (Lipinski definition) is 4. The summed E-state index contributed by atoms with van der Waals surface area (Å²) in [6.45, 7) is 6.19. The maximum Gasteiger partial charge on any atom is 0.132 e. The van der Waals surface area contributed by atoms with Gasteiger partial charge in [-0.2, -0.15) is 11.8 Å². The van der Waals surface area contributed by atoms with E-state index in [4.69, 9.17) is 0 Å². The molecule has 4 heteroatoms. The van der Waals surface area contributed by atoms with Crippen LogP contribution in [0.15, 0.2) is 6.07 Å². The van der Waals surface area contributed by atoms with Crippen LogP contribution in [0.4, 0.5) is 5.82 Å². The number of nitrogens with zero attached hydrogens (tertiary/aromatic N) is 3. The summed E-state index contributed by atoms with van der Waals surface area (Å²) in [7, 11) is 2.10. The zero-order valence-corrected chi connectivity index (χ0v) is 11.6. The lowest BCUT2D eigenvalue weighted by Crippen LogP contribution is -2.30. The van der Waals surface area contributed by atoms with Gasteiger partial charge in [-0.15, -0.1) is 0 Å². The standard InChI is InChI=1S/C12H21N3S/c1-9-8-12(14-11(3)13-9)15(4)10(2)6-7-16-5/h8,10H,6-7H2,1-5H3/t10-/m1/s1. The van der Waals surface area contributed by atoms with Gasteiger partial charge >= 0.3 is 0 Å². The molecule has 1 heterocycles. The van der Waals surface area contributed by atoms with Crippen LogP contribution in [0.3, 0.4) is 0 Å². The van der Waals surface area contributed by atoms with Gasteiger partial charge in [-0.1, -0.05) is 0 Å². The molecule has 1 aromatic heterocycles. The van der Waals surface area contributed by atoms with Crippen molar-refractivity contribution >= 4 is 17.6 Å². The van der Waals surface area contributed by atoms with E-state index in [1.165, 1.54) is 12.2 Å². The second-order valence-corrected chi connectivity index (χ2v) is 5.14. The lowest BCUT2D eigenvalue weighted by molar-refractivity contribution is 0.659. The number of anilines is 1.